The number of aliphatic hydroxyl groups is 2. The Bertz CT molecular complexity index is 894. The summed E-state index contributed by atoms with van der Waals surface area (Å²) in [6.07, 6.45) is -5.27. The van der Waals surface area contributed by atoms with Crippen LogP contribution in [0.25, 0.3) is 0 Å². The molecule has 6 N–H and O–H groups in total. The number of carboxylic acids is 4. The number of rotatable bonds is 19. The molecule has 0 amide bonds. The molecule has 0 aromatic rings. The quantitative estimate of drug-likeness (QED) is 0.0647. The number of aliphatic carboxylic acids is 4. The first-order valence-electron chi connectivity index (χ1n) is 11.0. The Labute approximate surface area is 214 Å². The van der Waals surface area contributed by atoms with Gasteiger partial charge in [0.1, 0.15) is 6.10 Å². The molecular weight excluding hydrogens is 522 g/mol. The number of hydrogen-bond donors (Lipinski definition) is 6. The van der Waals surface area contributed by atoms with E-state index in [1.807, 2.05) is 0 Å². The number of Topliss-reactive ketones (excluding diaryl/α,β-unsaturated/α-hetero) is 1. The molecule has 1 aliphatic heterocycles. The van der Waals surface area contributed by atoms with E-state index in [1.165, 1.54) is 4.90 Å². The van der Waals surface area contributed by atoms with E-state index in [0.717, 1.165) is 9.80 Å². The number of aliphatic hydroxyl groups excluding tert-OH is 2. The lowest BCUT2D eigenvalue weighted by Crippen LogP contribution is -2.47. The number of carbonyl (C=O) groups excluding carboxylic acids is 3. The van der Waals surface area contributed by atoms with Gasteiger partial charge in [0.05, 0.1) is 39.3 Å². The summed E-state index contributed by atoms with van der Waals surface area (Å²) >= 11 is 0. The van der Waals surface area contributed by atoms with E-state index in [2.05, 4.69) is 4.74 Å². The molecule has 1 unspecified atom stereocenters. The first kappa shape index (κ1) is 32.3. The van der Waals surface area contributed by atoms with Gasteiger partial charge in [-0.1, -0.05) is 0 Å². The van der Waals surface area contributed by atoms with Gasteiger partial charge in [-0.2, -0.15) is 0 Å². The minimum absolute atomic E-state index is 0.116. The zero-order valence-corrected chi connectivity index (χ0v) is 20.0. The molecule has 0 radical (unpaired) electrons. The zero-order valence-electron chi connectivity index (χ0n) is 20.0. The third-order valence-electron chi connectivity index (χ3n) is 5.08. The van der Waals surface area contributed by atoms with Crippen LogP contribution in [-0.4, -0.2) is 171 Å². The number of carbonyl (C=O) groups is 7. The molecule has 0 aromatic heterocycles. The highest BCUT2D eigenvalue weighted by Crippen LogP contribution is 2.19. The number of esters is 2. The molecule has 0 aromatic carbocycles. The summed E-state index contributed by atoms with van der Waals surface area (Å²) in [5.74, 6) is -9.13. The van der Waals surface area contributed by atoms with Crippen molar-refractivity contribution in [2.75, 3.05) is 65.5 Å². The Kier molecular flexibility index (Phi) is 13.2. The highest BCUT2D eigenvalue weighted by atomic mass is 16.6. The molecule has 3 atom stereocenters. The van der Waals surface area contributed by atoms with Crippen LogP contribution in [0.15, 0.2) is 0 Å². The van der Waals surface area contributed by atoms with Gasteiger partial charge in [-0.25, -0.2) is 4.79 Å². The third kappa shape index (κ3) is 11.6. The monoisotopic (exact) mass is 551 g/mol. The van der Waals surface area contributed by atoms with Crippen molar-refractivity contribution in [3.63, 3.8) is 0 Å². The number of carboxylic acid groups (broad SMARTS) is 4. The van der Waals surface area contributed by atoms with Gasteiger partial charge in [-0.3, -0.25) is 43.5 Å². The molecular formula is C20H29N3O15. The molecule has 0 bridgehead atoms. The Morgan fingerprint density at radius 1 is 0.737 bits per heavy atom. The lowest BCUT2D eigenvalue weighted by atomic mass is 10.1. The number of cyclic esters (lactones) is 1. The van der Waals surface area contributed by atoms with Crippen molar-refractivity contribution in [3.05, 3.63) is 0 Å². The molecule has 1 aliphatic rings. The van der Waals surface area contributed by atoms with E-state index in [4.69, 9.17) is 30.3 Å². The van der Waals surface area contributed by atoms with Gasteiger partial charge in [0, 0.05) is 26.2 Å². The Morgan fingerprint density at radius 2 is 1.13 bits per heavy atom. The van der Waals surface area contributed by atoms with Gasteiger partial charge >= 0.3 is 35.8 Å². The molecule has 0 spiro atoms. The molecule has 18 heteroatoms. The van der Waals surface area contributed by atoms with Crippen LogP contribution in [0.2, 0.25) is 0 Å². The van der Waals surface area contributed by atoms with Gasteiger partial charge in [0.15, 0.2) is 6.10 Å². The lowest BCUT2D eigenvalue weighted by Gasteiger charge is -2.27. The van der Waals surface area contributed by atoms with Crippen LogP contribution in [0.4, 0.5) is 0 Å². The topological polar surface area (TPSA) is 269 Å². The second kappa shape index (κ2) is 15.5. The highest BCUT2D eigenvalue weighted by Gasteiger charge is 2.49. The summed E-state index contributed by atoms with van der Waals surface area (Å²) < 4.78 is 9.50. The van der Waals surface area contributed by atoms with E-state index in [0.29, 0.717) is 0 Å². The van der Waals surface area contributed by atoms with Crippen molar-refractivity contribution < 1.29 is 73.7 Å². The van der Waals surface area contributed by atoms with Gasteiger partial charge in [-0.05, 0) is 0 Å². The average molecular weight is 551 g/mol. The summed E-state index contributed by atoms with van der Waals surface area (Å²) in [6, 6.07) is 0. The maximum absolute atomic E-state index is 12.4. The lowest BCUT2D eigenvalue weighted by molar-refractivity contribution is -0.162. The Hall–Kier alpha value is -3.71. The number of hydrogen-bond acceptors (Lipinski definition) is 14. The van der Waals surface area contributed by atoms with Crippen molar-refractivity contribution in [2.24, 2.45) is 0 Å². The number of nitrogens with zero attached hydrogens (tertiary/aromatic N) is 3. The molecule has 1 heterocycles. The molecule has 0 aliphatic carbocycles. The van der Waals surface area contributed by atoms with Crippen molar-refractivity contribution >= 4 is 41.6 Å². The molecule has 214 valence electrons. The zero-order chi connectivity index (χ0) is 29.0. The standard InChI is InChI=1S/C20H29N3O15/c24-10-11(25)18-19(17(35)20(36)38-18)37-16(34)9-23(8-15(32)33)4-2-21(5-12(26)27)1-3-22(6-13(28)29)7-14(30)31/h11,18-19,24-25H,1-10H2,(H,26,27)(H,28,29)(H,30,31)(H,32,33)/t11-,18+,19?/m0/s1. The Morgan fingerprint density at radius 3 is 1.55 bits per heavy atom. The van der Waals surface area contributed by atoms with Gasteiger partial charge in [0.25, 0.3) is 5.78 Å². The first-order chi connectivity index (χ1) is 17.7. The average Bonchev–Trinajstić information content (AvgIpc) is 3.06. The maximum atomic E-state index is 12.4. The van der Waals surface area contributed by atoms with Crippen molar-refractivity contribution in [3.8, 4) is 0 Å². The number of ether oxygens (including phenoxy) is 2. The smallest absolute Gasteiger partial charge is 0.379 e. The minimum atomic E-state index is -1.87. The van der Waals surface area contributed by atoms with Gasteiger partial charge in [-0.15, -0.1) is 0 Å². The van der Waals surface area contributed by atoms with Crippen LogP contribution in [0, 0.1) is 0 Å². The molecule has 1 rings (SSSR count). The van der Waals surface area contributed by atoms with Gasteiger partial charge < -0.3 is 40.1 Å². The second-order valence-corrected chi connectivity index (χ2v) is 8.17. The third-order valence-corrected chi connectivity index (χ3v) is 5.08. The summed E-state index contributed by atoms with van der Waals surface area (Å²) in [5.41, 5.74) is 0. The first-order valence-corrected chi connectivity index (χ1v) is 11.0. The molecule has 1 fully saturated rings. The van der Waals surface area contributed by atoms with Crippen molar-refractivity contribution in [2.45, 2.75) is 18.3 Å². The van der Waals surface area contributed by atoms with Crippen LogP contribution in [-0.2, 0) is 43.0 Å². The fourth-order valence-corrected chi connectivity index (χ4v) is 3.40. The summed E-state index contributed by atoms with van der Waals surface area (Å²) in [6.45, 7) is -4.86. The van der Waals surface area contributed by atoms with Gasteiger partial charge in [0.2, 0.25) is 6.10 Å². The van der Waals surface area contributed by atoms with Crippen LogP contribution in [0.1, 0.15) is 0 Å². The Balaban J connectivity index is 2.85. The summed E-state index contributed by atoms with van der Waals surface area (Å²) in [5, 5.41) is 54.9. The molecule has 0 saturated carbocycles. The molecule has 1 saturated heterocycles. The summed E-state index contributed by atoms with van der Waals surface area (Å²) in [4.78, 5) is 83.5. The van der Waals surface area contributed by atoms with Crippen LogP contribution < -0.4 is 0 Å². The fourth-order valence-electron chi connectivity index (χ4n) is 3.40. The SMILES string of the molecule is O=C(O)CN(CCN(CC(=O)O)CC(=O)O)CCN(CC(=O)O)CC(=O)OC1C(=O)C(=O)O[C@@H]1[C@@H](O)CO. The molecule has 38 heavy (non-hydrogen) atoms. The largest absolute Gasteiger partial charge is 0.480 e. The number of ketones is 1. The molecule has 18 nitrogen and oxygen atoms in total. The van der Waals surface area contributed by atoms with Crippen molar-refractivity contribution in [1.82, 2.24) is 14.7 Å². The van der Waals surface area contributed by atoms with Crippen LogP contribution >= 0.6 is 0 Å². The van der Waals surface area contributed by atoms with Crippen molar-refractivity contribution in [1.29, 1.82) is 0 Å². The maximum Gasteiger partial charge on any atom is 0.379 e. The normalized spacial score (nSPS) is 18.0. The van der Waals surface area contributed by atoms with E-state index in [-0.39, 0.29) is 26.2 Å². The van der Waals surface area contributed by atoms with E-state index < -0.39 is 99.2 Å². The predicted octanol–water partition coefficient (Wildman–Crippen LogP) is -5.01. The highest BCUT2D eigenvalue weighted by molar-refractivity contribution is 6.37. The van der Waals surface area contributed by atoms with Crippen LogP contribution in [0.5, 0.6) is 0 Å². The van der Waals surface area contributed by atoms with Crippen LogP contribution in [0.3, 0.4) is 0 Å². The van der Waals surface area contributed by atoms with E-state index in [9.17, 15) is 38.7 Å². The second-order valence-electron chi connectivity index (χ2n) is 8.17. The minimum Gasteiger partial charge on any atom is -0.480 e. The van der Waals surface area contributed by atoms with E-state index >= 15 is 0 Å². The fraction of sp³-hybridized carbons (Fsp3) is 0.650. The predicted molar refractivity (Wildman–Crippen MR) is 118 cm³/mol. The summed E-state index contributed by atoms with van der Waals surface area (Å²) in [7, 11) is 0. The van der Waals surface area contributed by atoms with E-state index in [1.54, 1.807) is 0 Å².